The summed E-state index contributed by atoms with van der Waals surface area (Å²) in [5.74, 6) is -2.27. The van der Waals surface area contributed by atoms with E-state index in [1.807, 2.05) is 6.07 Å². The highest BCUT2D eigenvalue weighted by Crippen LogP contribution is 2.32. The summed E-state index contributed by atoms with van der Waals surface area (Å²) in [7, 11) is -3.80. The van der Waals surface area contributed by atoms with E-state index >= 15 is 0 Å². The predicted molar refractivity (Wildman–Crippen MR) is 66.5 cm³/mol. The zero-order chi connectivity index (χ0) is 13.3. The Hall–Kier alpha value is -1.60. The largest absolute Gasteiger partial charge is 0.480 e. The van der Waals surface area contributed by atoms with Gasteiger partial charge in [-0.3, -0.25) is 4.79 Å². The number of carbonyl (C=O) groups is 1. The Morgan fingerprint density at radius 1 is 1.50 bits per heavy atom. The van der Waals surface area contributed by atoms with E-state index in [9.17, 15) is 13.2 Å². The van der Waals surface area contributed by atoms with Crippen LogP contribution in [-0.2, 0) is 21.2 Å². The van der Waals surface area contributed by atoms with Gasteiger partial charge in [0.1, 0.15) is 0 Å². The van der Waals surface area contributed by atoms with Crippen molar-refractivity contribution in [3.05, 3.63) is 29.3 Å². The number of anilines is 1. The second-order valence-corrected chi connectivity index (χ2v) is 6.07. The van der Waals surface area contributed by atoms with Crippen molar-refractivity contribution in [2.75, 3.05) is 11.5 Å². The highest BCUT2D eigenvalue weighted by molar-refractivity contribution is 7.90. The highest BCUT2D eigenvalue weighted by Gasteiger charge is 2.27. The molecular weight excluding hydrogens is 256 g/mol. The number of hydrogen-bond donors (Lipinski definition) is 3. The van der Waals surface area contributed by atoms with Gasteiger partial charge in [0.15, 0.2) is 5.75 Å². The smallest absolute Gasteiger partial charge is 0.320 e. The van der Waals surface area contributed by atoms with Crippen LogP contribution in [0.25, 0.3) is 0 Å². The molecule has 98 valence electrons. The molecule has 1 unspecified atom stereocenters. The first-order chi connectivity index (χ1) is 8.37. The summed E-state index contributed by atoms with van der Waals surface area (Å²) >= 11 is 0. The molecular formula is C11H14N2O4S. The average Bonchev–Trinajstić information content (AvgIpc) is 2.57. The molecule has 18 heavy (non-hydrogen) atoms. The number of sulfonamides is 1. The Balaban J connectivity index is 2.17. The molecule has 0 saturated carbocycles. The van der Waals surface area contributed by atoms with Crippen LogP contribution in [0.5, 0.6) is 0 Å². The van der Waals surface area contributed by atoms with Crippen LogP contribution in [0.2, 0.25) is 0 Å². The molecule has 0 fully saturated rings. The molecule has 1 aliphatic carbocycles. The topological polar surface area (TPSA) is 109 Å². The van der Waals surface area contributed by atoms with E-state index < -0.39 is 21.7 Å². The fraction of sp³-hybridized carbons (Fsp3) is 0.364. The molecule has 1 aromatic carbocycles. The molecule has 0 saturated heterocycles. The molecule has 0 spiro atoms. The molecule has 4 N–H and O–H groups in total. The van der Waals surface area contributed by atoms with Crippen LogP contribution in [0.3, 0.4) is 0 Å². The maximum atomic E-state index is 11.6. The summed E-state index contributed by atoms with van der Waals surface area (Å²) in [6.45, 7) is 0. The number of hydrogen-bond acceptors (Lipinski definition) is 4. The Labute approximate surface area is 105 Å². The lowest BCUT2D eigenvalue weighted by Crippen LogP contribution is -2.32. The van der Waals surface area contributed by atoms with Gasteiger partial charge in [-0.25, -0.2) is 13.1 Å². The van der Waals surface area contributed by atoms with Gasteiger partial charge >= 0.3 is 5.97 Å². The molecule has 1 aromatic rings. The van der Waals surface area contributed by atoms with E-state index in [1.165, 1.54) is 0 Å². The molecule has 2 rings (SSSR count). The second kappa shape index (κ2) is 4.58. The van der Waals surface area contributed by atoms with Gasteiger partial charge < -0.3 is 10.8 Å². The van der Waals surface area contributed by atoms with Crippen LogP contribution >= 0.6 is 0 Å². The molecule has 0 bridgehead atoms. The number of nitrogens with one attached hydrogen (secondary N) is 1. The van der Waals surface area contributed by atoms with Crippen molar-refractivity contribution in [2.45, 2.75) is 18.9 Å². The number of carboxylic acid groups (broad SMARTS) is 1. The third-order valence-electron chi connectivity index (χ3n) is 2.88. The van der Waals surface area contributed by atoms with Gasteiger partial charge in [0.05, 0.1) is 0 Å². The van der Waals surface area contributed by atoms with Crippen LogP contribution in [0.4, 0.5) is 5.69 Å². The van der Waals surface area contributed by atoms with Gasteiger partial charge in [0.25, 0.3) is 0 Å². The second-order valence-electron chi connectivity index (χ2n) is 4.32. The minimum atomic E-state index is -3.80. The Kier molecular flexibility index (Phi) is 3.27. The standard InChI is InChI=1S/C11H14N2O4S/c12-8-2-3-9-7(5-8)1-4-10(9)13-18(16,17)6-11(14)15/h2-3,5,10,13H,1,4,6,12H2,(H,14,15). The molecule has 0 amide bonds. The fourth-order valence-electron chi connectivity index (χ4n) is 2.18. The van der Waals surface area contributed by atoms with E-state index in [4.69, 9.17) is 10.8 Å². The molecule has 6 nitrogen and oxygen atoms in total. The van der Waals surface area contributed by atoms with Gasteiger partial charge in [-0.15, -0.1) is 0 Å². The quantitative estimate of drug-likeness (QED) is 0.680. The van der Waals surface area contributed by atoms with E-state index in [1.54, 1.807) is 12.1 Å². The SMILES string of the molecule is Nc1ccc2c(c1)CCC2NS(=O)(=O)CC(=O)O. The highest BCUT2D eigenvalue weighted by atomic mass is 32.2. The third-order valence-corrected chi connectivity index (χ3v) is 4.15. The maximum absolute atomic E-state index is 11.6. The Morgan fingerprint density at radius 3 is 2.89 bits per heavy atom. The number of rotatable bonds is 4. The van der Waals surface area contributed by atoms with E-state index in [2.05, 4.69) is 4.72 Å². The molecule has 0 heterocycles. The van der Waals surface area contributed by atoms with Crippen molar-refractivity contribution in [3.63, 3.8) is 0 Å². The van der Waals surface area contributed by atoms with Crippen LogP contribution in [0, 0.1) is 0 Å². The number of carboxylic acids is 1. The molecule has 0 aromatic heterocycles. The van der Waals surface area contributed by atoms with Crippen molar-refractivity contribution < 1.29 is 18.3 Å². The van der Waals surface area contributed by atoms with Crippen LogP contribution < -0.4 is 10.5 Å². The van der Waals surface area contributed by atoms with Crippen LogP contribution in [-0.4, -0.2) is 25.2 Å². The minimum Gasteiger partial charge on any atom is -0.480 e. The Bertz CT molecular complexity index is 583. The van der Waals surface area contributed by atoms with Crippen molar-refractivity contribution in [3.8, 4) is 0 Å². The number of nitrogens with two attached hydrogens (primary N) is 1. The Morgan fingerprint density at radius 2 is 2.22 bits per heavy atom. The lowest BCUT2D eigenvalue weighted by molar-refractivity contribution is -0.134. The summed E-state index contributed by atoms with van der Waals surface area (Å²) in [6.07, 6.45) is 1.36. The van der Waals surface area contributed by atoms with Crippen molar-refractivity contribution in [1.29, 1.82) is 0 Å². The average molecular weight is 270 g/mol. The zero-order valence-corrected chi connectivity index (χ0v) is 10.4. The van der Waals surface area contributed by atoms with Gasteiger partial charge in [-0.05, 0) is 36.1 Å². The molecule has 7 heteroatoms. The van der Waals surface area contributed by atoms with Crippen molar-refractivity contribution in [2.24, 2.45) is 0 Å². The lowest BCUT2D eigenvalue weighted by Gasteiger charge is -2.13. The van der Waals surface area contributed by atoms with Crippen molar-refractivity contribution in [1.82, 2.24) is 4.72 Å². The third kappa shape index (κ3) is 2.80. The van der Waals surface area contributed by atoms with E-state index in [0.717, 1.165) is 17.5 Å². The van der Waals surface area contributed by atoms with Crippen molar-refractivity contribution >= 4 is 21.7 Å². The number of fused-ring (bicyclic) bond motifs is 1. The minimum absolute atomic E-state index is 0.357. The van der Waals surface area contributed by atoms with Gasteiger partial charge in [0.2, 0.25) is 10.0 Å². The fourth-order valence-corrected chi connectivity index (χ4v) is 3.27. The number of aliphatic carboxylic acids is 1. The van der Waals surface area contributed by atoms with Gasteiger partial charge in [-0.2, -0.15) is 0 Å². The lowest BCUT2D eigenvalue weighted by atomic mass is 10.1. The van der Waals surface area contributed by atoms with E-state index in [-0.39, 0.29) is 6.04 Å². The molecule has 1 aliphatic rings. The summed E-state index contributed by atoms with van der Waals surface area (Å²) in [4.78, 5) is 10.4. The number of aryl methyl sites for hydroxylation is 1. The summed E-state index contributed by atoms with van der Waals surface area (Å²) in [6, 6.07) is 4.96. The monoisotopic (exact) mass is 270 g/mol. The van der Waals surface area contributed by atoms with E-state index in [0.29, 0.717) is 12.1 Å². The van der Waals surface area contributed by atoms with Crippen LogP contribution in [0.15, 0.2) is 18.2 Å². The number of nitrogen functional groups attached to an aromatic ring is 1. The maximum Gasteiger partial charge on any atom is 0.320 e. The summed E-state index contributed by atoms with van der Waals surface area (Å²) in [5, 5.41) is 8.52. The van der Waals surface area contributed by atoms with Crippen LogP contribution in [0.1, 0.15) is 23.6 Å². The normalized spacial score (nSPS) is 18.6. The number of benzene rings is 1. The first-order valence-corrected chi connectivity index (χ1v) is 7.13. The predicted octanol–water partition coefficient (Wildman–Crippen LogP) is 0.260. The first kappa shape index (κ1) is 12.8. The summed E-state index contributed by atoms with van der Waals surface area (Å²) < 4.78 is 25.5. The van der Waals surface area contributed by atoms with Gasteiger partial charge in [0, 0.05) is 11.7 Å². The molecule has 0 radical (unpaired) electrons. The van der Waals surface area contributed by atoms with Gasteiger partial charge in [-0.1, -0.05) is 6.07 Å². The summed E-state index contributed by atoms with van der Waals surface area (Å²) in [5.41, 5.74) is 8.18. The first-order valence-electron chi connectivity index (χ1n) is 5.47. The molecule has 0 aliphatic heterocycles. The zero-order valence-electron chi connectivity index (χ0n) is 9.59. The molecule has 1 atom stereocenters.